The third kappa shape index (κ3) is 3.10. The van der Waals surface area contributed by atoms with Gasteiger partial charge in [-0.3, -0.25) is 4.79 Å². The van der Waals surface area contributed by atoms with Crippen molar-refractivity contribution in [3.63, 3.8) is 0 Å². The first-order chi connectivity index (χ1) is 11.2. The number of aryl methyl sites for hydroxylation is 1. The summed E-state index contributed by atoms with van der Waals surface area (Å²) in [6.45, 7) is 4.42. The first-order valence-electron chi connectivity index (χ1n) is 7.77. The molecule has 1 atom stereocenters. The van der Waals surface area contributed by atoms with Crippen LogP contribution in [0.4, 0.5) is 0 Å². The molecule has 0 saturated carbocycles. The average Bonchev–Trinajstić information content (AvgIpc) is 2.98. The molecule has 1 aliphatic heterocycles. The van der Waals surface area contributed by atoms with E-state index in [2.05, 4.69) is 21.4 Å². The second kappa shape index (κ2) is 6.63. The van der Waals surface area contributed by atoms with Crippen molar-refractivity contribution in [2.45, 2.75) is 19.4 Å². The van der Waals surface area contributed by atoms with Crippen molar-refractivity contribution in [3.05, 3.63) is 41.7 Å². The van der Waals surface area contributed by atoms with Crippen LogP contribution in [0.15, 0.2) is 30.6 Å². The van der Waals surface area contributed by atoms with Crippen LogP contribution in [0.2, 0.25) is 0 Å². The van der Waals surface area contributed by atoms with E-state index in [1.54, 1.807) is 17.3 Å². The Kier molecular flexibility index (Phi) is 4.40. The van der Waals surface area contributed by atoms with Gasteiger partial charge in [0.2, 0.25) is 0 Å². The average molecular weight is 310 g/mol. The van der Waals surface area contributed by atoms with E-state index in [9.17, 15) is 4.79 Å². The summed E-state index contributed by atoms with van der Waals surface area (Å²) in [5.41, 5.74) is 2.28. The molecule has 1 fully saturated rings. The molecule has 1 amide bonds. The summed E-state index contributed by atoms with van der Waals surface area (Å²) in [5.74, 6) is 2.70. The maximum Gasteiger partial charge on any atom is 0.257 e. The highest BCUT2D eigenvalue weighted by molar-refractivity contribution is 5.98. The highest BCUT2D eigenvalue weighted by Gasteiger charge is 2.28. The number of carbonyl (C=O) groups is 1. The molecule has 2 aromatic rings. The van der Waals surface area contributed by atoms with E-state index in [0.717, 1.165) is 25.1 Å². The van der Waals surface area contributed by atoms with Gasteiger partial charge >= 0.3 is 0 Å². The van der Waals surface area contributed by atoms with E-state index in [1.165, 1.54) is 4.80 Å². The molecule has 2 heterocycles. The molecule has 3 rings (SSSR count). The first kappa shape index (κ1) is 15.3. The topological polar surface area (TPSA) is 67.6 Å². The van der Waals surface area contributed by atoms with Crippen molar-refractivity contribution in [3.8, 4) is 18.0 Å². The van der Waals surface area contributed by atoms with E-state index in [0.29, 0.717) is 17.8 Å². The summed E-state index contributed by atoms with van der Waals surface area (Å²) in [5, 5.41) is 10.5. The van der Waals surface area contributed by atoms with E-state index in [4.69, 9.17) is 6.42 Å². The van der Waals surface area contributed by atoms with Crippen LogP contribution in [-0.2, 0) is 0 Å². The fourth-order valence-corrected chi connectivity index (χ4v) is 2.87. The Balaban J connectivity index is 2.01. The van der Waals surface area contributed by atoms with Crippen molar-refractivity contribution in [1.82, 2.24) is 19.9 Å². The van der Waals surface area contributed by atoms with Gasteiger partial charge in [0.1, 0.15) is 0 Å². The minimum Gasteiger partial charge on any atom is -0.345 e. The molecule has 0 unspecified atom stereocenters. The van der Waals surface area contributed by atoms with E-state index in [1.807, 2.05) is 25.1 Å². The number of benzene rings is 1. The molecule has 1 aromatic heterocycles. The quantitative estimate of drug-likeness (QED) is 0.793. The molecule has 1 aliphatic rings. The predicted molar refractivity (Wildman–Crippen MR) is 86.0 cm³/mol. The monoisotopic (exact) mass is 310 g/mol. The van der Waals surface area contributed by atoms with Crippen LogP contribution in [0.25, 0.3) is 5.69 Å². The van der Waals surface area contributed by atoms with Gasteiger partial charge in [0.15, 0.2) is 0 Å². The van der Waals surface area contributed by atoms with Crippen molar-refractivity contribution < 1.29 is 10.1 Å². The lowest BCUT2D eigenvalue weighted by molar-refractivity contribution is -0.651. The van der Waals surface area contributed by atoms with Crippen LogP contribution in [0.1, 0.15) is 22.3 Å². The van der Waals surface area contributed by atoms with Crippen LogP contribution < -0.4 is 5.32 Å². The first-order valence-corrected chi connectivity index (χ1v) is 7.77. The molecule has 0 aliphatic carbocycles. The van der Waals surface area contributed by atoms with Crippen molar-refractivity contribution in [2.24, 2.45) is 0 Å². The fraction of sp³-hybridized carbons (Fsp3) is 0.353. The van der Waals surface area contributed by atoms with E-state index < -0.39 is 0 Å². The van der Waals surface area contributed by atoms with Gasteiger partial charge in [-0.2, -0.15) is 15.0 Å². The highest BCUT2D eigenvalue weighted by atomic mass is 16.2. The number of carbonyl (C=O) groups excluding carboxylic acids is 1. The summed E-state index contributed by atoms with van der Waals surface area (Å²) in [7, 11) is 0. The summed E-state index contributed by atoms with van der Waals surface area (Å²) in [6, 6.07) is 5.53. The summed E-state index contributed by atoms with van der Waals surface area (Å²) in [4.78, 5) is 16.4. The zero-order chi connectivity index (χ0) is 16.2. The van der Waals surface area contributed by atoms with Crippen LogP contribution in [0.3, 0.4) is 0 Å². The molecule has 23 heavy (non-hydrogen) atoms. The number of nitrogens with zero attached hydrogens (tertiary/aromatic N) is 4. The molecular weight excluding hydrogens is 290 g/mol. The van der Waals surface area contributed by atoms with Gasteiger partial charge in [-0.15, -0.1) is 6.42 Å². The Morgan fingerprint density at radius 1 is 1.35 bits per heavy atom. The minimum absolute atomic E-state index is 0.0562. The van der Waals surface area contributed by atoms with E-state index in [-0.39, 0.29) is 11.9 Å². The highest BCUT2D eigenvalue weighted by Crippen LogP contribution is 2.19. The number of quaternary nitrogens is 1. The van der Waals surface area contributed by atoms with Crippen LogP contribution in [0.5, 0.6) is 0 Å². The van der Waals surface area contributed by atoms with Gasteiger partial charge in [0.25, 0.3) is 5.91 Å². The maximum atomic E-state index is 13.1. The predicted octanol–water partition coefficient (Wildman–Crippen LogP) is -0.0132. The van der Waals surface area contributed by atoms with Crippen LogP contribution in [0, 0.1) is 19.3 Å². The molecule has 1 aromatic carbocycles. The molecule has 118 valence electrons. The molecular formula is C17H20N5O+. The number of rotatable bonds is 2. The summed E-state index contributed by atoms with van der Waals surface area (Å²) >= 11 is 0. The van der Waals surface area contributed by atoms with Gasteiger partial charge in [-0.1, -0.05) is 17.6 Å². The van der Waals surface area contributed by atoms with Gasteiger partial charge in [0, 0.05) is 6.42 Å². The molecule has 0 spiro atoms. The van der Waals surface area contributed by atoms with Crippen molar-refractivity contribution in [2.75, 3.05) is 19.6 Å². The third-order valence-electron chi connectivity index (χ3n) is 4.06. The zero-order valence-corrected chi connectivity index (χ0v) is 13.1. The molecule has 1 saturated heterocycles. The lowest BCUT2D eigenvalue weighted by Gasteiger charge is -2.26. The number of hydrogen-bond acceptors (Lipinski definition) is 3. The fourth-order valence-electron chi connectivity index (χ4n) is 2.87. The minimum atomic E-state index is -0.166. The van der Waals surface area contributed by atoms with Gasteiger partial charge < -0.3 is 10.2 Å². The Labute approximate surface area is 135 Å². The summed E-state index contributed by atoms with van der Waals surface area (Å²) in [6.07, 6.45) is 9.66. The Hall–Kier alpha value is -2.65. The third-order valence-corrected chi connectivity index (χ3v) is 4.06. The Morgan fingerprint density at radius 3 is 2.87 bits per heavy atom. The normalized spacial score (nSPS) is 18.3. The van der Waals surface area contributed by atoms with Gasteiger partial charge in [0.05, 0.1) is 49.3 Å². The SMILES string of the molecule is C#C[C@@H]1CC[NH2+]CCN1C(=O)c1cc(C)ccc1-n1nccn1. The largest absolute Gasteiger partial charge is 0.345 e. The number of aromatic nitrogens is 3. The summed E-state index contributed by atoms with van der Waals surface area (Å²) < 4.78 is 0. The molecule has 0 radical (unpaired) electrons. The number of amides is 1. The molecule has 6 heteroatoms. The van der Waals surface area contributed by atoms with Gasteiger partial charge in [-0.05, 0) is 19.1 Å². The standard InChI is InChI=1S/C17H19N5O/c1-3-14-6-7-18-10-11-21(14)17(23)15-12-13(2)4-5-16(15)22-19-8-9-20-22/h1,4-5,8-9,12,14,18H,6-7,10-11H2,2H3/p+1/t14-/m1/s1. The van der Waals surface area contributed by atoms with Crippen molar-refractivity contribution in [1.29, 1.82) is 0 Å². The second-order valence-electron chi connectivity index (χ2n) is 5.67. The smallest absolute Gasteiger partial charge is 0.257 e. The van der Waals surface area contributed by atoms with Crippen LogP contribution in [-0.4, -0.2) is 51.5 Å². The molecule has 2 N–H and O–H groups in total. The van der Waals surface area contributed by atoms with Gasteiger partial charge in [-0.25, -0.2) is 0 Å². The van der Waals surface area contributed by atoms with Crippen molar-refractivity contribution >= 4 is 5.91 Å². The lowest BCUT2D eigenvalue weighted by Crippen LogP contribution is -2.84. The second-order valence-corrected chi connectivity index (χ2v) is 5.67. The van der Waals surface area contributed by atoms with E-state index >= 15 is 0 Å². The lowest BCUT2D eigenvalue weighted by atomic mass is 10.1. The molecule has 0 bridgehead atoms. The Bertz CT molecular complexity index is 732. The molecule has 6 nitrogen and oxygen atoms in total. The number of nitrogens with two attached hydrogens (primary N) is 1. The maximum absolute atomic E-state index is 13.1. The number of hydrogen-bond donors (Lipinski definition) is 1. The Morgan fingerprint density at radius 2 is 2.13 bits per heavy atom. The zero-order valence-electron chi connectivity index (χ0n) is 13.1. The van der Waals surface area contributed by atoms with Crippen LogP contribution >= 0.6 is 0 Å². The number of terminal acetylenes is 1.